The van der Waals surface area contributed by atoms with Gasteiger partial charge in [0.05, 0.1) is 11.7 Å². The van der Waals surface area contributed by atoms with Crippen molar-refractivity contribution < 1.29 is 13.2 Å². The predicted molar refractivity (Wildman–Crippen MR) is 130 cm³/mol. The molecule has 2 saturated heterocycles. The first kappa shape index (κ1) is 23.4. The van der Waals surface area contributed by atoms with Crippen LogP contribution in [0.15, 0.2) is 42.5 Å². The molecule has 0 aromatic heterocycles. The van der Waals surface area contributed by atoms with Crippen molar-refractivity contribution in [1.29, 1.82) is 0 Å². The highest BCUT2D eigenvalue weighted by Gasteiger charge is 2.32. The zero-order valence-corrected chi connectivity index (χ0v) is 20.1. The minimum atomic E-state index is -3.61. The van der Waals surface area contributed by atoms with Gasteiger partial charge < -0.3 is 10.2 Å². The van der Waals surface area contributed by atoms with Crippen molar-refractivity contribution in [1.82, 2.24) is 4.31 Å². The van der Waals surface area contributed by atoms with Crippen molar-refractivity contribution >= 4 is 50.5 Å². The predicted octanol–water partition coefficient (Wildman–Crippen LogP) is 4.77. The van der Waals surface area contributed by atoms with Gasteiger partial charge in [0, 0.05) is 47.6 Å². The zero-order valence-electron chi connectivity index (χ0n) is 17.8. The second-order valence-corrected chi connectivity index (χ2v) is 11.2. The third-order valence-electron chi connectivity index (χ3n) is 6.11. The molecular formula is C23H27Cl2N3O3S. The first-order chi connectivity index (χ1) is 15.3. The summed E-state index contributed by atoms with van der Waals surface area (Å²) in [5.41, 5.74) is 2.39. The Balaban J connectivity index is 1.37. The molecule has 1 amide bonds. The fraction of sp³-hybridized carbons (Fsp3) is 0.435. The van der Waals surface area contributed by atoms with E-state index in [2.05, 4.69) is 10.2 Å². The highest BCUT2D eigenvalue weighted by Crippen LogP contribution is 2.27. The number of hydrogen-bond donors (Lipinski definition) is 1. The van der Waals surface area contributed by atoms with Gasteiger partial charge in [-0.1, -0.05) is 29.3 Å². The van der Waals surface area contributed by atoms with E-state index >= 15 is 0 Å². The molecule has 0 bridgehead atoms. The molecule has 9 heteroatoms. The van der Waals surface area contributed by atoms with Gasteiger partial charge in [0.1, 0.15) is 0 Å². The molecule has 0 radical (unpaired) electrons. The van der Waals surface area contributed by atoms with Gasteiger partial charge in [-0.15, -0.1) is 0 Å². The van der Waals surface area contributed by atoms with Gasteiger partial charge in [0.25, 0.3) is 0 Å². The third-order valence-corrected chi connectivity index (χ3v) is 8.49. The van der Waals surface area contributed by atoms with E-state index in [0.717, 1.165) is 24.5 Å². The maximum absolute atomic E-state index is 13.0. The number of amides is 1. The topological polar surface area (TPSA) is 69.7 Å². The summed E-state index contributed by atoms with van der Waals surface area (Å²) in [4.78, 5) is 15.2. The Morgan fingerprint density at radius 2 is 1.72 bits per heavy atom. The molecule has 2 heterocycles. The lowest BCUT2D eigenvalue weighted by Gasteiger charge is -2.31. The van der Waals surface area contributed by atoms with Crippen LogP contribution in [-0.2, 0) is 20.6 Å². The highest BCUT2D eigenvalue weighted by atomic mass is 35.5. The number of carbonyl (C=O) groups excluding carboxylic acids is 1. The normalized spacial score (nSPS) is 19.8. The Morgan fingerprint density at radius 1 is 1.00 bits per heavy atom. The SMILES string of the molecule is O=C(Nc1ccc(N2CCCC2)cc1)[C@H]1CCCN(S(=O)(=O)Cc2ccc(Cl)cc2Cl)C1. The fourth-order valence-corrected chi connectivity index (χ4v) is 6.51. The van der Waals surface area contributed by atoms with E-state index < -0.39 is 15.9 Å². The van der Waals surface area contributed by atoms with Gasteiger partial charge in [-0.05, 0) is 67.6 Å². The number of piperidine rings is 1. The molecule has 2 aliphatic rings. The average molecular weight is 496 g/mol. The number of hydrogen-bond acceptors (Lipinski definition) is 4. The molecule has 2 aliphatic heterocycles. The summed E-state index contributed by atoms with van der Waals surface area (Å²) in [5.74, 6) is -0.754. The molecule has 2 aromatic carbocycles. The van der Waals surface area contributed by atoms with E-state index in [9.17, 15) is 13.2 Å². The van der Waals surface area contributed by atoms with Crippen LogP contribution in [0.1, 0.15) is 31.2 Å². The molecule has 1 atom stereocenters. The maximum atomic E-state index is 13.0. The number of rotatable bonds is 6. The first-order valence-electron chi connectivity index (χ1n) is 10.9. The lowest BCUT2D eigenvalue weighted by atomic mass is 9.98. The lowest BCUT2D eigenvalue weighted by Crippen LogP contribution is -2.44. The number of benzene rings is 2. The number of sulfonamides is 1. The smallest absolute Gasteiger partial charge is 0.228 e. The Bertz CT molecular complexity index is 1070. The second-order valence-electron chi connectivity index (χ2n) is 8.42. The molecule has 6 nitrogen and oxygen atoms in total. The van der Waals surface area contributed by atoms with Crippen molar-refractivity contribution in [3.05, 3.63) is 58.1 Å². The Kier molecular flexibility index (Phi) is 7.30. The van der Waals surface area contributed by atoms with Crippen LogP contribution in [0.25, 0.3) is 0 Å². The number of nitrogens with one attached hydrogen (secondary N) is 1. The van der Waals surface area contributed by atoms with E-state index in [1.807, 2.05) is 24.3 Å². The monoisotopic (exact) mass is 495 g/mol. The minimum Gasteiger partial charge on any atom is -0.372 e. The van der Waals surface area contributed by atoms with Crippen molar-refractivity contribution in [3.8, 4) is 0 Å². The van der Waals surface area contributed by atoms with Crippen LogP contribution in [0.2, 0.25) is 10.0 Å². The Morgan fingerprint density at radius 3 is 2.41 bits per heavy atom. The standard InChI is InChI=1S/C23H27Cl2N3O3S/c24-19-6-5-18(22(25)14-19)16-32(30,31)28-13-3-4-17(15-28)23(29)26-20-7-9-21(10-8-20)27-11-1-2-12-27/h5-10,14,17H,1-4,11-13,15-16H2,(H,26,29)/t17-/m0/s1. The number of anilines is 2. The number of halogens is 2. The molecule has 2 fully saturated rings. The van der Waals surface area contributed by atoms with Gasteiger partial charge in [0.2, 0.25) is 15.9 Å². The van der Waals surface area contributed by atoms with Crippen LogP contribution in [0, 0.1) is 5.92 Å². The van der Waals surface area contributed by atoms with Crippen molar-refractivity contribution in [2.24, 2.45) is 5.92 Å². The highest BCUT2D eigenvalue weighted by molar-refractivity contribution is 7.88. The molecule has 0 spiro atoms. The van der Waals surface area contributed by atoms with Crippen LogP contribution < -0.4 is 10.2 Å². The van der Waals surface area contributed by atoms with Crippen LogP contribution in [0.3, 0.4) is 0 Å². The van der Waals surface area contributed by atoms with Gasteiger partial charge in [-0.25, -0.2) is 12.7 Å². The van der Waals surface area contributed by atoms with Gasteiger partial charge in [-0.3, -0.25) is 4.79 Å². The van der Waals surface area contributed by atoms with E-state index in [4.69, 9.17) is 23.2 Å². The quantitative estimate of drug-likeness (QED) is 0.626. The van der Waals surface area contributed by atoms with Crippen LogP contribution in [0.4, 0.5) is 11.4 Å². The van der Waals surface area contributed by atoms with Crippen molar-refractivity contribution in [3.63, 3.8) is 0 Å². The summed E-state index contributed by atoms with van der Waals surface area (Å²) in [6, 6.07) is 12.6. The summed E-state index contributed by atoms with van der Waals surface area (Å²) < 4.78 is 27.4. The summed E-state index contributed by atoms with van der Waals surface area (Å²) >= 11 is 12.1. The molecule has 4 rings (SSSR count). The minimum absolute atomic E-state index is 0.150. The molecule has 0 unspecified atom stereocenters. The molecule has 32 heavy (non-hydrogen) atoms. The Labute approximate surface area is 199 Å². The van der Waals surface area contributed by atoms with E-state index in [1.165, 1.54) is 23.2 Å². The number of carbonyl (C=O) groups is 1. The summed E-state index contributed by atoms with van der Waals surface area (Å²) in [7, 11) is -3.61. The van der Waals surface area contributed by atoms with Crippen LogP contribution in [0.5, 0.6) is 0 Å². The molecule has 1 N–H and O–H groups in total. The summed E-state index contributed by atoms with van der Waals surface area (Å²) in [5, 5.41) is 3.73. The Hall–Kier alpha value is -1.80. The van der Waals surface area contributed by atoms with Crippen molar-refractivity contribution in [2.45, 2.75) is 31.4 Å². The zero-order chi connectivity index (χ0) is 22.7. The largest absolute Gasteiger partial charge is 0.372 e. The number of nitrogens with zero attached hydrogens (tertiary/aromatic N) is 2. The maximum Gasteiger partial charge on any atom is 0.228 e. The van der Waals surface area contributed by atoms with Crippen LogP contribution >= 0.6 is 23.2 Å². The molecule has 172 valence electrons. The third kappa shape index (κ3) is 5.57. The lowest BCUT2D eigenvalue weighted by molar-refractivity contribution is -0.120. The molecule has 0 saturated carbocycles. The summed E-state index contributed by atoms with van der Waals surface area (Å²) in [6.45, 7) is 2.71. The van der Waals surface area contributed by atoms with Crippen molar-refractivity contribution in [2.75, 3.05) is 36.4 Å². The van der Waals surface area contributed by atoms with Gasteiger partial charge in [-0.2, -0.15) is 0 Å². The molecular weight excluding hydrogens is 469 g/mol. The van der Waals surface area contributed by atoms with Gasteiger partial charge >= 0.3 is 0 Å². The fourth-order valence-electron chi connectivity index (χ4n) is 4.31. The molecule has 2 aromatic rings. The van der Waals surface area contributed by atoms with Crippen LogP contribution in [-0.4, -0.2) is 44.8 Å². The van der Waals surface area contributed by atoms with Gasteiger partial charge in [0.15, 0.2) is 0 Å². The second kappa shape index (κ2) is 10.00. The molecule has 0 aliphatic carbocycles. The van der Waals surface area contributed by atoms with E-state index in [0.29, 0.717) is 35.0 Å². The van der Waals surface area contributed by atoms with E-state index in [-0.39, 0.29) is 18.2 Å². The average Bonchev–Trinajstić information content (AvgIpc) is 3.31. The summed E-state index contributed by atoms with van der Waals surface area (Å²) in [6.07, 6.45) is 3.72. The van der Waals surface area contributed by atoms with E-state index in [1.54, 1.807) is 12.1 Å². The first-order valence-corrected chi connectivity index (χ1v) is 13.3.